The predicted octanol–water partition coefficient (Wildman–Crippen LogP) is 1.56. The smallest absolute Gasteiger partial charge is 0.310 e. The van der Waals surface area contributed by atoms with E-state index in [0.29, 0.717) is 12.8 Å². The maximum absolute atomic E-state index is 12.1. The van der Waals surface area contributed by atoms with E-state index in [1.807, 2.05) is 12.2 Å². The number of nitrogens with one attached hydrogen (secondary N) is 1. The van der Waals surface area contributed by atoms with E-state index in [1.54, 1.807) is 0 Å². The minimum Gasteiger partial charge on any atom is -0.452 e. The number of allylic oxidation sites excluding steroid dienone is 2. The molecule has 0 radical (unpaired) electrons. The van der Waals surface area contributed by atoms with Crippen molar-refractivity contribution in [3.05, 3.63) is 36.4 Å². The molecule has 0 aliphatic heterocycles. The highest BCUT2D eigenvalue weighted by molar-refractivity contribution is 7.89. The molecule has 0 saturated carbocycles. The van der Waals surface area contributed by atoms with Gasteiger partial charge in [0.05, 0.1) is 10.8 Å². The zero-order chi connectivity index (χ0) is 17.7. The lowest BCUT2D eigenvalue weighted by Gasteiger charge is -2.19. The number of sulfonamides is 1. The van der Waals surface area contributed by atoms with Gasteiger partial charge in [0.25, 0.3) is 5.91 Å². The highest BCUT2D eigenvalue weighted by atomic mass is 32.2. The van der Waals surface area contributed by atoms with Gasteiger partial charge in [-0.05, 0) is 44.4 Å². The van der Waals surface area contributed by atoms with Gasteiger partial charge in [-0.25, -0.2) is 13.6 Å². The summed E-state index contributed by atoms with van der Waals surface area (Å²) in [5.41, 5.74) is 0.259. The van der Waals surface area contributed by atoms with Crippen LogP contribution in [0.25, 0.3) is 0 Å². The molecule has 8 heteroatoms. The summed E-state index contributed by atoms with van der Waals surface area (Å²) >= 11 is 0. The summed E-state index contributed by atoms with van der Waals surface area (Å²) < 4.78 is 27.8. The molecule has 0 fully saturated rings. The number of nitrogens with two attached hydrogens (primary N) is 1. The van der Waals surface area contributed by atoms with Crippen molar-refractivity contribution in [3.63, 3.8) is 0 Å². The third-order valence-electron chi connectivity index (χ3n) is 3.69. The molecular formula is C16H20N2O5S. The lowest BCUT2D eigenvalue weighted by Crippen LogP contribution is -2.32. The number of ether oxygens (including phenoxy) is 1. The monoisotopic (exact) mass is 352 g/mol. The second kappa shape index (κ2) is 7.59. The summed E-state index contributed by atoms with van der Waals surface area (Å²) in [6, 6.07) is 5.55. The molecule has 0 spiro atoms. The van der Waals surface area contributed by atoms with Gasteiger partial charge in [0.1, 0.15) is 0 Å². The molecule has 1 amide bonds. The van der Waals surface area contributed by atoms with Crippen molar-refractivity contribution in [1.29, 1.82) is 0 Å². The number of amides is 1. The first-order chi connectivity index (χ1) is 11.3. The van der Waals surface area contributed by atoms with Crippen LogP contribution in [0, 0.1) is 5.92 Å². The Hall–Kier alpha value is -2.19. The molecule has 0 unspecified atom stereocenters. The van der Waals surface area contributed by atoms with Gasteiger partial charge in [-0.1, -0.05) is 18.2 Å². The van der Waals surface area contributed by atoms with Gasteiger partial charge in [0.15, 0.2) is 6.10 Å². The van der Waals surface area contributed by atoms with Gasteiger partial charge in [-0.15, -0.1) is 0 Å². The van der Waals surface area contributed by atoms with Crippen LogP contribution in [-0.4, -0.2) is 26.4 Å². The van der Waals surface area contributed by atoms with E-state index in [2.05, 4.69) is 5.32 Å². The van der Waals surface area contributed by atoms with Crippen LogP contribution < -0.4 is 10.5 Å². The third-order valence-corrected chi connectivity index (χ3v) is 4.61. The molecule has 1 aromatic carbocycles. The van der Waals surface area contributed by atoms with Crippen LogP contribution >= 0.6 is 0 Å². The van der Waals surface area contributed by atoms with Gasteiger partial charge >= 0.3 is 5.97 Å². The lowest BCUT2D eigenvalue weighted by atomic mass is 9.95. The van der Waals surface area contributed by atoms with Crippen LogP contribution in [0.4, 0.5) is 5.69 Å². The van der Waals surface area contributed by atoms with Crippen LogP contribution in [0.1, 0.15) is 26.2 Å². The maximum Gasteiger partial charge on any atom is 0.310 e. The number of anilines is 1. The predicted molar refractivity (Wildman–Crippen MR) is 88.5 cm³/mol. The molecule has 130 valence electrons. The zero-order valence-electron chi connectivity index (χ0n) is 13.3. The first kappa shape index (κ1) is 18.2. The Bertz CT molecular complexity index is 757. The van der Waals surface area contributed by atoms with Crippen LogP contribution in [-0.2, 0) is 24.3 Å². The van der Waals surface area contributed by atoms with Crippen molar-refractivity contribution in [3.8, 4) is 0 Å². The van der Waals surface area contributed by atoms with E-state index in [-0.39, 0.29) is 16.5 Å². The number of esters is 1. The van der Waals surface area contributed by atoms with Gasteiger partial charge in [0, 0.05) is 5.69 Å². The number of hydrogen-bond acceptors (Lipinski definition) is 5. The van der Waals surface area contributed by atoms with Crippen molar-refractivity contribution in [2.24, 2.45) is 11.1 Å². The topological polar surface area (TPSA) is 116 Å². The Kier molecular flexibility index (Phi) is 5.74. The normalized spacial score (nSPS) is 18.7. The number of rotatable bonds is 5. The van der Waals surface area contributed by atoms with E-state index < -0.39 is 28.0 Å². The first-order valence-electron chi connectivity index (χ1n) is 7.56. The summed E-state index contributed by atoms with van der Waals surface area (Å²) in [6.45, 7) is 1.47. The average Bonchev–Trinajstić information content (AvgIpc) is 2.55. The Morgan fingerprint density at radius 1 is 1.33 bits per heavy atom. The molecule has 7 nitrogen and oxygen atoms in total. The second-order valence-corrected chi connectivity index (χ2v) is 7.18. The van der Waals surface area contributed by atoms with E-state index in [0.717, 1.165) is 6.42 Å². The van der Waals surface area contributed by atoms with Crippen molar-refractivity contribution >= 4 is 27.6 Å². The highest BCUT2D eigenvalue weighted by Crippen LogP contribution is 2.20. The summed E-state index contributed by atoms with van der Waals surface area (Å²) in [5.74, 6) is -1.17. The number of primary sulfonamides is 1. The van der Waals surface area contributed by atoms with Crippen LogP contribution in [0.15, 0.2) is 41.3 Å². The molecule has 1 aliphatic rings. The minimum absolute atomic E-state index is 0.112. The Morgan fingerprint density at radius 3 is 2.71 bits per heavy atom. The molecule has 0 saturated heterocycles. The number of carbonyl (C=O) groups is 2. The van der Waals surface area contributed by atoms with Crippen molar-refractivity contribution < 1.29 is 22.7 Å². The van der Waals surface area contributed by atoms with Crippen molar-refractivity contribution in [2.45, 2.75) is 37.2 Å². The quantitative estimate of drug-likeness (QED) is 0.616. The Labute approximate surface area is 140 Å². The summed E-state index contributed by atoms with van der Waals surface area (Å²) in [4.78, 5) is 24.0. The van der Waals surface area contributed by atoms with Gasteiger partial charge in [0.2, 0.25) is 10.0 Å². The highest BCUT2D eigenvalue weighted by Gasteiger charge is 2.25. The Morgan fingerprint density at radius 2 is 2.08 bits per heavy atom. The molecule has 1 aromatic rings. The fourth-order valence-corrected chi connectivity index (χ4v) is 2.89. The molecule has 0 heterocycles. The van der Waals surface area contributed by atoms with Gasteiger partial charge in [-0.2, -0.15) is 0 Å². The molecular weight excluding hydrogens is 332 g/mol. The van der Waals surface area contributed by atoms with Crippen LogP contribution in [0.2, 0.25) is 0 Å². The Balaban J connectivity index is 1.96. The second-order valence-electron chi connectivity index (χ2n) is 5.62. The molecule has 3 N–H and O–H groups in total. The molecule has 0 bridgehead atoms. The summed E-state index contributed by atoms with van der Waals surface area (Å²) in [5, 5.41) is 7.56. The molecule has 2 atom stereocenters. The fourth-order valence-electron chi connectivity index (χ4n) is 2.33. The van der Waals surface area contributed by atoms with E-state index in [9.17, 15) is 18.0 Å². The van der Waals surface area contributed by atoms with E-state index >= 15 is 0 Å². The van der Waals surface area contributed by atoms with Gasteiger partial charge in [-0.3, -0.25) is 9.59 Å². The molecule has 0 aromatic heterocycles. The third kappa shape index (κ3) is 4.90. The van der Waals surface area contributed by atoms with Crippen molar-refractivity contribution in [2.75, 3.05) is 5.32 Å². The zero-order valence-corrected chi connectivity index (χ0v) is 14.1. The lowest BCUT2D eigenvalue weighted by molar-refractivity contribution is -0.157. The van der Waals surface area contributed by atoms with Crippen LogP contribution in [0.3, 0.4) is 0 Å². The standard InChI is InChI=1S/C16H20N2O5S/c1-11(23-16(20)12-6-3-2-4-7-12)15(19)18-13-8-5-9-14(10-13)24(17,21)22/h2-3,5,8-12H,4,6-7H2,1H3,(H,18,19)(H2,17,21,22)/t11-,12-/m1/s1. The van der Waals surface area contributed by atoms with E-state index in [1.165, 1.54) is 31.2 Å². The van der Waals surface area contributed by atoms with E-state index in [4.69, 9.17) is 9.88 Å². The van der Waals surface area contributed by atoms with Crippen molar-refractivity contribution in [1.82, 2.24) is 0 Å². The minimum atomic E-state index is -3.86. The number of carbonyl (C=O) groups excluding carboxylic acids is 2. The largest absolute Gasteiger partial charge is 0.452 e. The average molecular weight is 352 g/mol. The number of hydrogen-bond donors (Lipinski definition) is 2. The molecule has 2 rings (SSSR count). The number of benzene rings is 1. The molecule has 1 aliphatic carbocycles. The van der Waals surface area contributed by atoms with Crippen LogP contribution in [0.5, 0.6) is 0 Å². The SMILES string of the molecule is C[C@@H](OC(=O)[C@@H]1CC=CCC1)C(=O)Nc1cccc(S(N)(=O)=O)c1. The maximum atomic E-state index is 12.1. The summed E-state index contributed by atoms with van der Waals surface area (Å²) in [6.07, 6.45) is 5.10. The first-order valence-corrected chi connectivity index (χ1v) is 9.11. The molecule has 24 heavy (non-hydrogen) atoms. The van der Waals surface area contributed by atoms with Gasteiger partial charge < -0.3 is 10.1 Å². The fraction of sp³-hybridized carbons (Fsp3) is 0.375. The summed E-state index contributed by atoms with van der Waals surface area (Å²) in [7, 11) is -3.86.